The predicted molar refractivity (Wildman–Crippen MR) is 77.3 cm³/mol. The quantitative estimate of drug-likeness (QED) is 0.599. The Morgan fingerprint density at radius 2 is 1.09 bits per heavy atom. The van der Waals surface area contributed by atoms with Gasteiger partial charge < -0.3 is 0 Å². The Morgan fingerprint density at radius 1 is 0.682 bits per heavy atom. The van der Waals surface area contributed by atoms with E-state index >= 15 is 0 Å². The first-order valence-electron chi connectivity index (χ1n) is 8.23. The second kappa shape index (κ2) is 5.82. The third-order valence-corrected chi connectivity index (χ3v) is 5.50. The number of rotatable bonds is 4. The molecule has 0 atom stereocenters. The summed E-state index contributed by atoms with van der Waals surface area (Å²) in [6.07, 6.45) is 6.80. The number of imide groups is 2. The van der Waals surface area contributed by atoms with Gasteiger partial charge in [-0.05, 0) is 38.5 Å². The van der Waals surface area contributed by atoms with E-state index in [9.17, 15) is 19.2 Å². The van der Waals surface area contributed by atoms with Gasteiger partial charge in [-0.25, -0.2) is 0 Å². The molecule has 3 aliphatic rings. The summed E-state index contributed by atoms with van der Waals surface area (Å²) in [5.74, 6) is -1.81. The normalized spacial score (nSPS) is 23.5. The van der Waals surface area contributed by atoms with Gasteiger partial charge >= 0.3 is 0 Å². The highest BCUT2D eigenvalue weighted by Crippen LogP contribution is 2.42. The average molecular weight is 306 g/mol. The Labute approximate surface area is 129 Å². The van der Waals surface area contributed by atoms with Crippen LogP contribution in [0, 0.1) is 17.3 Å². The molecule has 4 amide bonds. The summed E-state index contributed by atoms with van der Waals surface area (Å²) in [4.78, 5) is 48.5. The number of nitrogens with one attached hydrogen (secondary N) is 2. The summed E-state index contributed by atoms with van der Waals surface area (Å²) in [5.41, 5.74) is -1.22. The van der Waals surface area contributed by atoms with Gasteiger partial charge in [-0.2, -0.15) is 0 Å². The molecule has 0 saturated heterocycles. The number of carbonyl (C=O) groups is 4. The van der Waals surface area contributed by atoms with Gasteiger partial charge in [-0.15, -0.1) is 0 Å². The molecule has 3 saturated carbocycles. The van der Waals surface area contributed by atoms with Crippen LogP contribution in [0.1, 0.15) is 57.8 Å². The lowest BCUT2D eigenvalue weighted by molar-refractivity contribution is -0.153. The Morgan fingerprint density at radius 3 is 1.32 bits per heavy atom. The fourth-order valence-corrected chi connectivity index (χ4v) is 3.10. The molecule has 0 aromatic carbocycles. The van der Waals surface area contributed by atoms with E-state index in [0.29, 0.717) is 12.8 Å². The van der Waals surface area contributed by atoms with Crippen molar-refractivity contribution in [2.24, 2.45) is 17.3 Å². The number of hydrogen-bond donors (Lipinski definition) is 2. The van der Waals surface area contributed by atoms with Crippen LogP contribution in [-0.2, 0) is 19.2 Å². The highest BCUT2D eigenvalue weighted by Gasteiger charge is 2.52. The lowest BCUT2D eigenvalue weighted by atomic mass is 9.67. The maximum absolute atomic E-state index is 12.4. The lowest BCUT2D eigenvalue weighted by Gasteiger charge is -2.39. The van der Waals surface area contributed by atoms with Crippen LogP contribution in [0.5, 0.6) is 0 Å². The number of amides is 4. The molecular weight excluding hydrogens is 284 g/mol. The standard InChI is InChI=1S/C16H22N2O4/c19-12(10-4-1-5-10)17-14(21)16(8-3-9-16)15(22)18-13(20)11-6-2-7-11/h10-11H,1-9H2,(H,17,19,21)(H,18,20,22). The average Bonchev–Trinajstić information content (AvgIpc) is 2.20. The summed E-state index contributed by atoms with van der Waals surface area (Å²) in [6.45, 7) is 0. The molecule has 22 heavy (non-hydrogen) atoms. The van der Waals surface area contributed by atoms with Crippen molar-refractivity contribution in [2.75, 3.05) is 0 Å². The zero-order valence-corrected chi connectivity index (χ0v) is 12.7. The maximum Gasteiger partial charge on any atom is 0.242 e. The maximum atomic E-state index is 12.4. The minimum absolute atomic E-state index is 0.0965. The SMILES string of the molecule is O=C(NC(=O)C1(C(=O)NC(=O)C2CCC2)CCC1)C1CCC1. The first-order chi connectivity index (χ1) is 10.5. The van der Waals surface area contributed by atoms with Crippen LogP contribution >= 0.6 is 0 Å². The molecule has 3 rings (SSSR count). The molecule has 0 aromatic rings. The topological polar surface area (TPSA) is 92.3 Å². The summed E-state index contributed by atoms with van der Waals surface area (Å²) in [7, 11) is 0. The molecule has 6 heteroatoms. The fourth-order valence-electron chi connectivity index (χ4n) is 3.10. The van der Waals surface area contributed by atoms with E-state index in [2.05, 4.69) is 10.6 Å². The molecule has 6 nitrogen and oxygen atoms in total. The Kier molecular flexibility index (Phi) is 4.02. The molecule has 0 radical (unpaired) electrons. The molecule has 0 aromatic heterocycles. The number of hydrogen-bond acceptors (Lipinski definition) is 4. The van der Waals surface area contributed by atoms with E-state index in [1.165, 1.54) is 0 Å². The Balaban J connectivity index is 1.59. The van der Waals surface area contributed by atoms with Crippen molar-refractivity contribution in [1.29, 1.82) is 0 Å². The van der Waals surface area contributed by atoms with Crippen molar-refractivity contribution < 1.29 is 19.2 Å². The smallest absolute Gasteiger partial charge is 0.242 e. The van der Waals surface area contributed by atoms with Gasteiger partial charge in [0, 0.05) is 11.8 Å². The molecule has 2 N–H and O–H groups in total. The molecule has 0 spiro atoms. The first kappa shape index (κ1) is 15.2. The molecular formula is C16H22N2O4. The van der Waals surface area contributed by atoms with E-state index in [4.69, 9.17) is 0 Å². The molecule has 0 aliphatic heterocycles. The van der Waals surface area contributed by atoms with Gasteiger partial charge in [-0.1, -0.05) is 19.3 Å². The summed E-state index contributed by atoms with van der Waals surface area (Å²) in [6, 6.07) is 0. The number of carbonyl (C=O) groups excluding carboxylic acids is 4. The summed E-state index contributed by atoms with van der Waals surface area (Å²) in [5, 5.41) is 4.77. The van der Waals surface area contributed by atoms with Crippen LogP contribution in [0.3, 0.4) is 0 Å². The van der Waals surface area contributed by atoms with E-state index in [0.717, 1.165) is 44.9 Å². The Bertz CT molecular complexity index is 474. The van der Waals surface area contributed by atoms with Crippen molar-refractivity contribution in [3.8, 4) is 0 Å². The van der Waals surface area contributed by atoms with Crippen LogP contribution < -0.4 is 10.6 Å². The first-order valence-corrected chi connectivity index (χ1v) is 8.23. The largest absolute Gasteiger partial charge is 0.295 e. The van der Waals surface area contributed by atoms with Crippen LogP contribution in [0.15, 0.2) is 0 Å². The van der Waals surface area contributed by atoms with E-state index in [-0.39, 0.29) is 23.7 Å². The van der Waals surface area contributed by atoms with E-state index in [1.54, 1.807) is 0 Å². The van der Waals surface area contributed by atoms with Crippen LogP contribution in [0.2, 0.25) is 0 Å². The van der Waals surface area contributed by atoms with Crippen molar-refractivity contribution >= 4 is 23.6 Å². The third-order valence-electron chi connectivity index (χ3n) is 5.50. The molecule has 120 valence electrons. The van der Waals surface area contributed by atoms with Crippen molar-refractivity contribution in [2.45, 2.75) is 57.8 Å². The summed E-state index contributed by atoms with van der Waals surface area (Å²) >= 11 is 0. The van der Waals surface area contributed by atoms with E-state index in [1.807, 2.05) is 0 Å². The van der Waals surface area contributed by atoms with Gasteiger partial charge in [0.2, 0.25) is 23.6 Å². The van der Waals surface area contributed by atoms with Crippen LogP contribution in [-0.4, -0.2) is 23.6 Å². The van der Waals surface area contributed by atoms with Gasteiger partial charge in [-0.3, -0.25) is 29.8 Å². The van der Waals surface area contributed by atoms with Crippen LogP contribution in [0.25, 0.3) is 0 Å². The van der Waals surface area contributed by atoms with Crippen LogP contribution in [0.4, 0.5) is 0 Å². The molecule has 3 aliphatic carbocycles. The van der Waals surface area contributed by atoms with Crippen molar-refractivity contribution in [3.63, 3.8) is 0 Å². The van der Waals surface area contributed by atoms with Gasteiger partial charge in [0.25, 0.3) is 0 Å². The minimum atomic E-state index is -1.22. The lowest BCUT2D eigenvalue weighted by Crippen LogP contribution is -2.58. The second-order valence-electron chi connectivity index (χ2n) is 6.83. The zero-order chi connectivity index (χ0) is 15.7. The van der Waals surface area contributed by atoms with Gasteiger partial charge in [0.15, 0.2) is 0 Å². The fraction of sp³-hybridized carbons (Fsp3) is 0.750. The molecule has 0 heterocycles. The van der Waals surface area contributed by atoms with Gasteiger partial charge in [0.1, 0.15) is 5.41 Å². The summed E-state index contributed by atoms with van der Waals surface area (Å²) < 4.78 is 0. The molecule has 0 unspecified atom stereocenters. The predicted octanol–water partition coefficient (Wildman–Crippen LogP) is 1.04. The minimum Gasteiger partial charge on any atom is -0.295 e. The Hall–Kier alpha value is -1.72. The zero-order valence-electron chi connectivity index (χ0n) is 12.7. The van der Waals surface area contributed by atoms with Crippen molar-refractivity contribution in [3.05, 3.63) is 0 Å². The van der Waals surface area contributed by atoms with Crippen molar-refractivity contribution in [1.82, 2.24) is 10.6 Å². The third kappa shape index (κ3) is 2.55. The van der Waals surface area contributed by atoms with E-state index < -0.39 is 17.2 Å². The molecule has 3 fully saturated rings. The highest BCUT2D eigenvalue weighted by molar-refractivity contribution is 6.14. The van der Waals surface area contributed by atoms with Gasteiger partial charge in [0.05, 0.1) is 0 Å². The molecule has 0 bridgehead atoms. The monoisotopic (exact) mass is 306 g/mol. The highest BCUT2D eigenvalue weighted by atomic mass is 16.2. The second-order valence-corrected chi connectivity index (χ2v) is 6.83.